The lowest BCUT2D eigenvalue weighted by Crippen LogP contribution is -2.67. The minimum Gasteiger partial charge on any atom is -0.907 e. The van der Waals surface area contributed by atoms with Gasteiger partial charge in [0.2, 0.25) is 0 Å². The highest BCUT2D eigenvalue weighted by Gasteiger charge is 2.56. The lowest BCUT2D eigenvalue weighted by atomic mass is 9.67. The van der Waals surface area contributed by atoms with E-state index >= 15 is 0 Å². The van der Waals surface area contributed by atoms with Gasteiger partial charge in [0, 0.05) is 38.5 Å². The van der Waals surface area contributed by atoms with Crippen molar-refractivity contribution in [1.29, 1.82) is 0 Å². The van der Waals surface area contributed by atoms with Gasteiger partial charge >= 0.3 is 0 Å². The number of unbranched alkanes of at least 4 members (excludes halogenated alkanes) is 6. The average Bonchev–Trinajstić information content (AvgIpc) is 0.764. The van der Waals surface area contributed by atoms with Gasteiger partial charge in [0.25, 0.3) is 0 Å². The molecule has 0 spiro atoms. The molecule has 0 aliphatic rings. The van der Waals surface area contributed by atoms with Crippen molar-refractivity contribution in [3.05, 3.63) is 215 Å². The van der Waals surface area contributed by atoms with Crippen LogP contribution < -0.4 is 15.1 Å². The van der Waals surface area contributed by atoms with Crippen LogP contribution >= 0.6 is 0 Å². The summed E-state index contributed by atoms with van der Waals surface area (Å²) in [5, 5.41) is 25.2. The van der Waals surface area contributed by atoms with Gasteiger partial charge in [0.15, 0.2) is 0 Å². The van der Waals surface area contributed by atoms with Crippen LogP contribution in [-0.4, -0.2) is 96.3 Å². The molecule has 0 saturated carbocycles. The number of rotatable bonds is 39. The molecule has 0 bridgehead atoms. The summed E-state index contributed by atoms with van der Waals surface area (Å²) in [5.41, 5.74) is 9.62. The largest absolute Gasteiger partial charge is 0.907 e. The van der Waals surface area contributed by atoms with Crippen LogP contribution in [0.15, 0.2) is 182 Å². The van der Waals surface area contributed by atoms with Crippen molar-refractivity contribution >= 4 is 7.32 Å². The Kier molecular flexibility index (Phi) is 38.2. The molecule has 0 aliphatic carbocycles. The zero-order chi connectivity index (χ0) is 67.1. The number of hydrogen-bond acceptors (Lipinski definition) is 3. The van der Waals surface area contributed by atoms with Gasteiger partial charge in [-0.15, -0.1) is 0 Å². The molecule has 0 heterocycles. The van der Waals surface area contributed by atoms with Crippen LogP contribution in [0.5, 0.6) is 0 Å². The second-order valence-corrected chi connectivity index (χ2v) is 26.3. The minimum atomic E-state index is -2.92. The SMILES string of the molecule is CCCCC(CCCC)(C(c1ccccc1)c1ccccc1)[N+](CC)(CC)CC.CCCCC(CCCC)(C(c1ccccc1)c1ccccc1)[N+](CC)(CC)CC.CCCCC(CCCC)(C(c1ccccc1)c1ccccc1)[N+](CC)(CC)CC.[O-]B([O-])[O-]. The van der Waals surface area contributed by atoms with Crippen LogP contribution in [0.4, 0.5) is 0 Å². The van der Waals surface area contributed by atoms with Crippen molar-refractivity contribution in [2.75, 3.05) is 58.9 Å². The van der Waals surface area contributed by atoms with E-state index in [2.05, 4.69) is 286 Å². The Morgan fingerprint density at radius 1 is 0.242 bits per heavy atom. The molecule has 0 amide bonds. The molecular weight excluding hydrogens is 1110 g/mol. The summed E-state index contributed by atoms with van der Waals surface area (Å²) >= 11 is 0. The molecule has 0 saturated heterocycles. The zero-order valence-electron chi connectivity index (χ0n) is 60.8. The molecule has 0 fully saturated rings. The van der Waals surface area contributed by atoms with Gasteiger partial charge in [-0.1, -0.05) is 262 Å². The number of nitrogens with zero attached hydrogens (tertiary/aromatic N) is 3. The number of quaternary nitrogens is 3. The second kappa shape index (κ2) is 43.2. The van der Waals surface area contributed by atoms with Crippen LogP contribution in [0.2, 0.25) is 0 Å². The summed E-state index contributed by atoms with van der Waals surface area (Å²) in [4.78, 5) is 0. The third-order valence-corrected chi connectivity index (χ3v) is 22.5. The van der Waals surface area contributed by atoms with E-state index in [0.29, 0.717) is 17.8 Å². The lowest BCUT2D eigenvalue weighted by molar-refractivity contribution is -0.974. The Bertz CT molecular complexity index is 2220. The first-order valence-electron chi connectivity index (χ1n) is 37.0. The van der Waals surface area contributed by atoms with Crippen LogP contribution in [-0.2, 0) is 0 Å². The number of hydrogen-bond donors (Lipinski definition) is 0. The lowest BCUT2D eigenvalue weighted by Gasteiger charge is -2.57. The third-order valence-electron chi connectivity index (χ3n) is 22.5. The monoisotopic (exact) mass is 1240 g/mol. The summed E-state index contributed by atoms with van der Waals surface area (Å²) in [6.07, 6.45) is 23.2. The first-order chi connectivity index (χ1) is 44.2. The molecule has 6 nitrogen and oxygen atoms in total. The highest BCUT2D eigenvalue weighted by molar-refractivity contribution is 6.24. The van der Waals surface area contributed by atoms with Crippen LogP contribution in [0.3, 0.4) is 0 Å². The van der Waals surface area contributed by atoms with E-state index in [1.54, 1.807) is 0 Å². The van der Waals surface area contributed by atoms with Gasteiger partial charge < -0.3 is 28.5 Å². The van der Waals surface area contributed by atoms with E-state index < -0.39 is 7.32 Å². The van der Waals surface area contributed by atoms with Crippen molar-refractivity contribution in [3.8, 4) is 0 Å². The van der Waals surface area contributed by atoms with E-state index in [9.17, 15) is 0 Å². The van der Waals surface area contributed by atoms with Crippen LogP contribution in [0.1, 0.15) is 271 Å². The summed E-state index contributed by atoms with van der Waals surface area (Å²) in [5.74, 6) is 1.30. The Balaban J connectivity index is 0.000000346. The number of likely N-dealkylation sites (N-methyl/N-ethyl adjacent to an activating group) is 3. The third kappa shape index (κ3) is 20.6. The maximum Gasteiger partial charge on any atom is 0.110 e. The Morgan fingerprint density at radius 2 is 0.363 bits per heavy atom. The summed E-state index contributed by atoms with van der Waals surface area (Å²) in [6.45, 7) is 46.8. The predicted octanol–water partition coefficient (Wildman–Crippen LogP) is 19.5. The summed E-state index contributed by atoms with van der Waals surface area (Å²) < 4.78 is 3.63. The molecule has 6 aromatic carbocycles. The van der Waals surface area contributed by atoms with Gasteiger partial charge in [-0.3, -0.25) is 7.32 Å². The number of benzene rings is 6. The summed E-state index contributed by atoms with van der Waals surface area (Å²) in [7, 11) is -2.92. The maximum absolute atomic E-state index is 8.42. The smallest absolute Gasteiger partial charge is 0.110 e. The molecule has 0 unspecified atom stereocenters. The van der Waals surface area contributed by atoms with Gasteiger partial charge in [-0.05, 0) is 134 Å². The first kappa shape index (κ1) is 80.4. The van der Waals surface area contributed by atoms with Crippen LogP contribution in [0.25, 0.3) is 0 Å². The van der Waals surface area contributed by atoms with Crippen molar-refractivity contribution < 1.29 is 28.5 Å². The quantitative estimate of drug-likeness (QED) is 0.0285. The zero-order valence-corrected chi connectivity index (χ0v) is 60.8. The molecule has 0 aliphatic heterocycles. The molecule has 504 valence electrons. The molecule has 0 N–H and O–H groups in total. The predicted molar refractivity (Wildman–Crippen MR) is 391 cm³/mol. The van der Waals surface area contributed by atoms with E-state index in [-0.39, 0.29) is 16.6 Å². The van der Waals surface area contributed by atoms with Crippen molar-refractivity contribution in [2.24, 2.45) is 0 Å². The van der Waals surface area contributed by atoms with E-state index in [0.717, 1.165) is 0 Å². The fourth-order valence-corrected chi connectivity index (χ4v) is 17.5. The molecule has 6 aromatic rings. The molecule has 6 rings (SSSR count). The van der Waals surface area contributed by atoms with Crippen molar-refractivity contribution in [2.45, 2.75) is 254 Å². The standard InChI is InChI=1S/3C28H44N.BO3/c3*1-6-11-23-28(24-12-7-2,29(8-3,9-4)10-5)27(25-19-15-13-16-20-25)26-21-17-14-18-22-26;2-1(3)4/h3*13-22,27H,6-12,23-24H2,1-5H3;/q3*+1;-3. The van der Waals surface area contributed by atoms with Gasteiger partial charge in [-0.25, -0.2) is 0 Å². The fourth-order valence-electron chi connectivity index (χ4n) is 17.5. The maximum atomic E-state index is 8.42. The van der Waals surface area contributed by atoms with Gasteiger partial charge in [-0.2, -0.15) is 0 Å². The fraction of sp³-hybridized carbons (Fsp3) is 0.571. The van der Waals surface area contributed by atoms with Crippen LogP contribution in [0, 0.1) is 0 Å². The molecular formula is C84H132BN3O3. The van der Waals surface area contributed by atoms with Crippen molar-refractivity contribution in [3.63, 3.8) is 0 Å². The normalized spacial score (nSPS) is 12.2. The topological polar surface area (TPSA) is 69.2 Å². The Hall–Kier alpha value is -4.86. The van der Waals surface area contributed by atoms with Crippen molar-refractivity contribution in [1.82, 2.24) is 0 Å². The average molecular weight is 1240 g/mol. The van der Waals surface area contributed by atoms with E-state index in [1.165, 1.54) is 221 Å². The molecule has 0 radical (unpaired) electrons. The van der Waals surface area contributed by atoms with E-state index in [1.807, 2.05) is 0 Å². The van der Waals surface area contributed by atoms with Gasteiger partial charge in [0.05, 0.1) is 76.7 Å². The highest BCUT2D eigenvalue weighted by Crippen LogP contribution is 2.52. The Labute approximate surface area is 560 Å². The second-order valence-electron chi connectivity index (χ2n) is 26.3. The first-order valence-corrected chi connectivity index (χ1v) is 37.0. The molecule has 0 atom stereocenters. The van der Waals surface area contributed by atoms with E-state index in [4.69, 9.17) is 15.1 Å². The van der Waals surface area contributed by atoms with Gasteiger partial charge in [0.1, 0.15) is 16.6 Å². The highest BCUT2D eigenvalue weighted by atomic mass is 16.5. The minimum absolute atomic E-state index is 0.229. The summed E-state index contributed by atoms with van der Waals surface area (Å²) in [6, 6.07) is 68.2. The molecule has 91 heavy (non-hydrogen) atoms. The molecule has 0 aromatic heterocycles. The molecule has 7 heteroatoms. The Morgan fingerprint density at radius 3 is 0.462 bits per heavy atom.